The molecule has 5 nitrogen and oxygen atoms in total. The zero-order chi connectivity index (χ0) is 23.3. The smallest absolute Gasteiger partial charge is 0.232 e. The minimum Gasteiger partial charge on any atom is -0.349 e. The molecule has 0 heterocycles. The Morgan fingerprint density at radius 3 is 2.31 bits per heavy atom. The summed E-state index contributed by atoms with van der Waals surface area (Å²) in [7, 11) is -3.43. The fourth-order valence-corrected chi connectivity index (χ4v) is 5.57. The number of aryl methyl sites for hydroxylation is 4. The number of rotatable bonds is 9. The number of hydrogen-bond acceptors (Lipinski definition) is 3. The number of nitrogens with one attached hydrogen (secondary N) is 1. The second-order valence-corrected chi connectivity index (χ2v) is 11.0. The number of fused-ring (bicyclic) bond motifs is 1. The van der Waals surface area contributed by atoms with E-state index >= 15 is 0 Å². The van der Waals surface area contributed by atoms with Crippen molar-refractivity contribution in [3.8, 4) is 0 Å². The molecular weight excluding hydrogens is 420 g/mol. The molecule has 174 valence electrons. The largest absolute Gasteiger partial charge is 0.349 e. The minimum absolute atomic E-state index is 0.0137. The van der Waals surface area contributed by atoms with Crippen LogP contribution in [-0.4, -0.2) is 27.1 Å². The van der Waals surface area contributed by atoms with Crippen molar-refractivity contribution in [3.63, 3.8) is 0 Å². The molecule has 1 aliphatic carbocycles. The molecule has 0 bridgehead atoms. The molecule has 0 fully saturated rings. The molecule has 0 radical (unpaired) electrons. The zero-order valence-electron chi connectivity index (χ0n) is 19.8. The van der Waals surface area contributed by atoms with E-state index in [1.54, 1.807) is 0 Å². The molecule has 0 saturated heterocycles. The third kappa shape index (κ3) is 6.35. The topological polar surface area (TPSA) is 66.5 Å². The highest BCUT2D eigenvalue weighted by Gasteiger charge is 2.20. The van der Waals surface area contributed by atoms with Crippen LogP contribution in [0.3, 0.4) is 0 Å². The number of benzene rings is 2. The summed E-state index contributed by atoms with van der Waals surface area (Å²) in [5, 5.41) is 3.15. The van der Waals surface area contributed by atoms with Crippen LogP contribution >= 0.6 is 0 Å². The Kier molecular flexibility index (Phi) is 7.99. The molecule has 32 heavy (non-hydrogen) atoms. The molecule has 2 aromatic carbocycles. The van der Waals surface area contributed by atoms with Crippen molar-refractivity contribution in [3.05, 3.63) is 64.2 Å². The van der Waals surface area contributed by atoms with Crippen LogP contribution in [0.5, 0.6) is 0 Å². The molecule has 6 heteroatoms. The highest BCUT2D eigenvalue weighted by atomic mass is 32.2. The van der Waals surface area contributed by atoms with Gasteiger partial charge < -0.3 is 5.32 Å². The third-order valence-electron chi connectivity index (χ3n) is 6.18. The van der Waals surface area contributed by atoms with E-state index in [4.69, 9.17) is 0 Å². The molecule has 0 aliphatic heterocycles. The summed E-state index contributed by atoms with van der Waals surface area (Å²) in [6, 6.07) is 12.4. The number of hydrogen-bond donors (Lipinski definition) is 1. The summed E-state index contributed by atoms with van der Waals surface area (Å²) in [6.45, 7) is 6.27. The number of sulfonamides is 1. The fraction of sp³-hybridized carbons (Fsp3) is 0.500. The maximum atomic E-state index is 12.7. The first-order chi connectivity index (χ1) is 15.2. The highest BCUT2D eigenvalue weighted by molar-refractivity contribution is 7.92. The monoisotopic (exact) mass is 456 g/mol. The van der Waals surface area contributed by atoms with E-state index in [0.29, 0.717) is 12.1 Å². The molecule has 0 saturated carbocycles. The summed E-state index contributed by atoms with van der Waals surface area (Å²) in [4.78, 5) is 12.7. The molecule has 1 aliphatic rings. The third-order valence-corrected chi connectivity index (χ3v) is 7.37. The Morgan fingerprint density at radius 2 is 1.69 bits per heavy atom. The number of carbonyl (C=O) groups excluding carboxylic acids is 1. The van der Waals surface area contributed by atoms with Gasteiger partial charge in [-0.25, -0.2) is 8.42 Å². The van der Waals surface area contributed by atoms with Crippen LogP contribution < -0.4 is 9.62 Å². The van der Waals surface area contributed by atoms with E-state index in [1.165, 1.54) is 34.5 Å². The number of nitrogens with zero attached hydrogens (tertiary/aromatic N) is 1. The second kappa shape index (κ2) is 10.5. The Balaban J connectivity index is 1.61. The summed E-state index contributed by atoms with van der Waals surface area (Å²) >= 11 is 0. The lowest BCUT2D eigenvalue weighted by Crippen LogP contribution is -2.33. The van der Waals surface area contributed by atoms with Crippen molar-refractivity contribution in [2.45, 2.75) is 71.8 Å². The number of amides is 1. The first-order valence-electron chi connectivity index (χ1n) is 11.6. The Labute approximate surface area is 193 Å². The van der Waals surface area contributed by atoms with Crippen LogP contribution in [0.4, 0.5) is 5.69 Å². The lowest BCUT2D eigenvalue weighted by Gasteiger charge is -2.24. The molecular formula is C26H36N2O3S. The van der Waals surface area contributed by atoms with Crippen LogP contribution in [0.25, 0.3) is 0 Å². The van der Waals surface area contributed by atoms with Gasteiger partial charge in [-0.2, -0.15) is 0 Å². The molecule has 0 aromatic heterocycles. The normalized spacial score (nSPS) is 14.5. The van der Waals surface area contributed by atoms with Crippen LogP contribution in [0.2, 0.25) is 0 Å². The minimum atomic E-state index is -3.43. The van der Waals surface area contributed by atoms with Gasteiger partial charge in [0, 0.05) is 13.0 Å². The summed E-state index contributed by atoms with van der Waals surface area (Å²) in [6.07, 6.45) is 7.55. The van der Waals surface area contributed by atoms with Gasteiger partial charge >= 0.3 is 0 Å². The second-order valence-electron chi connectivity index (χ2n) is 9.05. The standard InChI is InChI=1S/C26H36N2O3S/c1-5-25(23-13-12-21-9-6-7-10-22(21)18-23)27-26(29)11-8-14-28(32(4,30)31)24-16-19(2)15-20(3)17-24/h12-13,15-18,25H,5-11,14H2,1-4H3,(H,27,29). The Hall–Kier alpha value is -2.34. The van der Waals surface area contributed by atoms with Crippen LogP contribution in [0, 0.1) is 13.8 Å². The van der Waals surface area contributed by atoms with Crippen molar-refractivity contribution in [1.82, 2.24) is 5.32 Å². The Bertz CT molecular complexity index is 1040. The molecule has 2 aromatic rings. The average Bonchev–Trinajstić information content (AvgIpc) is 2.73. The number of anilines is 1. The van der Waals surface area contributed by atoms with E-state index in [2.05, 4.69) is 30.4 Å². The van der Waals surface area contributed by atoms with Crippen molar-refractivity contribution in [1.29, 1.82) is 0 Å². The first kappa shape index (κ1) is 24.3. The van der Waals surface area contributed by atoms with Crippen molar-refractivity contribution in [2.75, 3.05) is 17.1 Å². The maximum Gasteiger partial charge on any atom is 0.232 e. The summed E-state index contributed by atoms with van der Waals surface area (Å²) < 4.78 is 26.2. The molecule has 3 rings (SSSR count). The molecule has 1 unspecified atom stereocenters. The van der Waals surface area contributed by atoms with E-state index in [-0.39, 0.29) is 24.9 Å². The van der Waals surface area contributed by atoms with Gasteiger partial charge in [0.15, 0.2) is 0 Å². The van der Waals surface area contributed by atoms with Gasteiger partial charge in [-0.1, -0.05) is 31.2 Å². The van der Waals surface area contributed by atoms with Crippen molar-refractivity contribution >= 4 is 21.6 Å². The SMILES string of the molecule is CCC(NC(=O)CCCN(c1cc(C)cc(C)c1)S(C)(=O)=O)c1ccc2c(c1)CCCC2. The van der Waals surface area contributed by atoms with E-state index < -0.39 is 10.0 Å². The molecule has 0 spiro atoms. The van der Waals surface area contributed by atoms with E-state index in [0.717, 1.165) is 36.0 Å². The first-order valence-corrected chi connectivity index (χ1v) is 13.5. The fourth-order valence-electron chi connectivity index (χ4n) is 4.62. The Morgan fingerprint density at radius 1 is 1.03 bits per heavy atom. The lowest BCUT2D eigenvalue weighted by atomic mass is 9.89. The van der Waals surface area contributed by atoms with Crippen LogP contribution in [0.15, 0.2) is 36.4 Å². The van der Waals surface area contributed by atoms with Gasteiger partial charge in [-0.05, 0) is 92.3 Å². The summed E-state index contributed by atoms with van der Waals surface area (Å²) in [5.74, 6) is -0.0385. The van der Waals surface area contributed by atoms with Crippen molar-refractivity contribution in [2.24, 2.45) is 0 Å². The van der Waals surface area contributed by atoms with Crippen molar-refractivity contribution < 1.29 is 13.2 Å². The maximum absolute atomic E-state index is 12.7. The van der Waals surface area contributed by atoms with Gasteiger partial charge in [-0.15, -0.1) is 0 Å². The van der Waals surface area contributed by atoms with Crippen LogP contribution in [-0.2, 0) is 27.7 Å². The average molecular weight is 457 g/mol. The van der Waals surface area contributed by atoms with Gasteiger partial charge in [0.05, 0.1) is 18.0 Å². The van der Waals surface area contributed by atoms with Gasteiger partial charge in [0.2, 0.25) is 15.9 Å². The zero-order valence-corrected chi connectivity index (χ0v) is 20.6. The summed E-state index contributed by atoms with van der Waals surface area (Å²) in [5.41, 5.74) is 6.71. The number of carbonyl (C=O) groups is 1. The molecule has 1 atom stereocenters. The van der Waals surface area contributed by atoms with Gasteiger partial charge in [0.25, 0.3) is 0 Å². The van der Waals surface area contributed by atoms with E-state index in [9.17, 15) is 13.2 Å². The highest BCUT2D eigenvalue weighted by Crippen LogP contribution is 2.26. The molecule has 1 N–H and O–H groups in total. The quantitative estimate of drug-likeness (QED) is 0.578. The predicted molar refractivity (Wildman–Crippen MR) is 132 cm³/mol. The molecule has 1 amide bonds. The van der Waals surface area contributed by atoms with Gasteiger partial charge in [-0.3, -0.25) is 9.10 Å². The predicted octanol–water partition coefficient (Wildman–Crippen LogP) is 5.00. The lowest BCUT2D eigenvalue weighted by molar-refractivity contribution is -0.121. The van der Waals surface area contributed by atoms with E-state index in [1.807, 2.05) is 32.0 Å². The van der Waals surface area contributed by atoms with Crippen LogP contribution in [0.1, 0.15) is 72.9 Å². The van der Waals surface area contributed by atoms with Gasteiger partial charge in [0.1, 0.15) is 0 Å².